The molecule has 26 heavy (non-hydrogen) atoms. The predicted molar refractivity (Wildman–Crippen MR) is 102 cm³/mol. The Labute approximate surface area is 153 Å². The predicted octanol–water partition coefficient (Wildman–Crippen LogP) is 1.20. The van der Waals surface area contributed by atoms with Crippen LogP contribution in [0.1, 0.15) is 11.1 Å². The molecule has 1 amide bonds. The largest absolute Gasteiger partial charge is 0.365 e. The number of para-hydroxylation sites is 1. The lowest BCUT2D eigenvalue weighted by atomic mass is 10.1. The number of hydrogen-bond donors (Lipinski definition) is 1. The highest BCUT2D eigenvalue weighted by molar-refractivity contribution is 7.07. The molecule has 0 spiro atoms. The Bertz CT molecular complexity index is 1180. The third kappa shape index (κ3) is 3.34. The first-order chi connectivity index (χ1) is 12.5. The van der Waals surface area contributed by atoms with Gasteiger partial charge >= 0.3 is 0 Å². The van der Waals surface area contributed by atoms with Crippen molar-refractivity contribution in [2.75, 3.05) is 0 Å². The first-order valence-electron chi connectivity index (χ1n) is 7.81. The van der Waals surface area contributed by atoms with Crippen LogP contribution in [0.25, 0.3) is 17.3 Å². The van der Waals surface area contributed by atoms with Crippen LogP contribution < -0.4 is 20.5 Å². The van der Waals surface area contributed by atoms with Crippen molar-refractivity contribution in [3.05, 3.63) is 85.3 Å². The van der Waals surface area contributed by atoms with Crippen molar-refractivity contribution in [2.45, 2.75) is 6.92 Å². The van der Waals surface area contributed by atoms with Crippen molar-refractivity contribution < 1.29 is 4.79 Å². The van der Waals surface area contributed by atoms with Crippen molar-refractivity contribution in [3.63, 3.8) is 0 Å². The van der Waals surface area contributed by atoms with E-state index in [0.29, 0.717) is 10.2 Å². The molecule has 2 aromatic carbocycles. The van der Waals surface area contributed by atoms with Gasteiger partial charge in [-0.3, -0.25) is 14.2 Å². The third-order valence-corrected chi connectivity index (χ3v) is 4.88. The molecule has 1 heterocycles. The van der Waals surface area contributed by atoms with Crippen LogP contribution in [0.3, 0.4) is 0 Å². The maximum absolute atomic E-state index is 13.0. The Balaban J connectivity index is 2.39. The van der Waals surface area contributed by atoms with E-state index in [-0.39, 0.29) is 15.8 Å². The van der Waals surface area contributed by atoms with Crippen LogP contribution in [0, 0.1) is 18.3 Å². The van der Waals surface area contributed by atoms with E-state index in [1.165, 1.54) is 4.57 Å². The Morgan fingerprint density at radius 3 is 2.38 bits per heavy atom. The van der Waals surface area contributed by atoms with Gasteiger partial charge in [0.25, 0.3) is 11.5 Å². The van der Waals surface area contributed by atoms with Crippen LogP contribution in [0.4, 0.5) is 0 Å². The van der Waals surface area contributed by atoms with Gasteiger partial charge < -0.3 is 5.73 Å². The number of hydrogen-bond acceptors (Lipinski definition) is 4. The summed E-state index contributed by atoms with van der Waals surface area (Å²) in [5, 5.41) is 9.33. The van der Waals surface area contributed by atoms with Crippen molar-refractivity contribution in [1.29, 1.82) is 5.26 Å². The van der Waals surface area contributed by atoms with E-state index in [4.69, 9.17) is 5.73 Å². The minimum absolute atomic E-state index is 0.231. The molecule has 0 saturated heterocycles. The van der Waals surface area contributed by atoms with E-state index in [2.05, 4.69) is 0 Å². The number of nitrogens with two attached hydrogens (primary N) is 1. The summed E-state index contributed by atoms with van der Waals surface area (Å²) in [4.78, 5) is 24.6. The van der Waals surface area contributed by atoms with Gasteiger partial charge in [-0.05, 0) is 30.7 Å². The highest BCUT2D eigenvalue weighted by Gasteiger charge is 2.14. The molecule has 0 aliphatic carbocycles. The quantitative estimate of drug-likeness (QED) is 0.760. The molecule has 6 heteroatoms. The zero-order chi connectivity index (χ0) is 18.7. The van der Waals surface area contributed by atoms with Gasteiger partial charge in [0.2, 0.25) is 0 Å². The van der Waals surface area contributed by atoms with Gasteiger partial charge in [-0.15, -0.1) is 11.3 Å². The Morgan fingerprint density at radius 2 is 1.81 bits per heavy atom. The summed E-state index contributed by atoms with van der Waals surface area (Å²) in [5.74, 6) is -0.861. The first-order valence-corrected chi connectivity index (χ1v) is 8.63. The molecular weight excluding hydrogens is 346 g/mol. The lowest BCUT2D eigenvalue weighted by Crippen LogP contribution is -2.32. The summed E-state index contributed by atoms with van der Waals surface area (Å²) < 4.78 is 2.00. The second kappa shape index (κ2) is 7.21. The molecular formula is C20H15N3O2S. The Morgan fingerprint density at radius 1 is 1.15 bits per heavy atom. The van der Waals surface area contributed by atoms with Crippen LogP contribution in [0.5, 0.6) is 0 Å². The molecule has 0 radical (unpaired) electrons. The Kier molecular flexibility index (Phi) is 4.83. The van der Waals surface area contributed by atoms with Crippen LogP contribution in [-0.2, 0) is 4.79 Å². The molecule has 0 aliphatic heterocycles. The van der Waals surface area contributed by atoms with Gasteiger partial charge in [0.15, 0.2) is 5.57 Å². The fourth-order valence-electron chi connectivity index (χ4n) is 2.48. The summed E-state index contributed by atoms with van der Waals surface area (Å²) in [5.41, 5.74) is 7.35. The van der Waals surface area contributed by atoms with Gasteiger partial charge in [-0.1, -0.05) is 48.0 Å². The summed E-state index contributed by atoms with van der Waals surface area (Å²) in [7, 11) is 0. The zero-order valence-electron chi connectivity index (χ0n) is 14.0. The average Bonchev–Trinajstić information content (AvgIpc) is 2.94. The highest BCUT2D eigenvalue weighted by Crippen LogP contribution is 2.05. The van der Waals surface area contributed by atoms with Crippen molar-refractivity contribution in [3.8, 4) is 11.8 Å². The monoisotopic (exact) mass is 361 g/mol. The van der Waals surface area contributed by atoms with Crippen LogP contribution >= 0.6 is 11.3 Å². The summed E-state index contributed by atoms with van der Waals surface area (Å²) >= 11 is 1.08. The molecule has 1 aromatic heterocycles. The number of aromatic nitrogens is 1. The van der Waals surface area contributed by atoms with E-state index in [9.17, 15) is 14.9 Å². The number of benzene rings is 2. The van der Waals surface area contributed by atoms with Crippen LogP contribution in [0.15, 0.2) is 59.4 Å². The topological polar surface area (TPSA) is 88.9 Å². The number of carbonyl (C=O) groups excluding carboxylic acids is 1. The lowest BCUT2D eigenvalue weighted by Gasteiger charge is -2.01. The second-order valence-corrected chi connectivity index (χ2v) is 6.68. The molecule has 128 valence electrons. The number of carbonyl (C=O) groups is 1. The molecule has 3 aromatic rings. The molecule has 0 bridgehead atoms. The van der Waals surface area contributed by atoms with Gasteiger partial charge in [0, 0.05) is 0 Å². The van der Waals surface area contributed by atoms with Crippen molar-refractivity contribution in [1.82, 2.24) is 4.57 Å². The maximum atomic E-state index is 13.0. The van der Waals surface area contributed by atoms with Crippen LogP contribution in [-0.4, -0.2) is 10.5 Å². The molecule has 0 fully saturated rings. The van der Waals surface area contributed by atoms with Gasteiger partial charge in [0.1, 0.15) is 10.7 Å². The molecule has 0 saturated carbocycles. The molecule has 3 rings (SSSR count). The zero-order valence-corrected chi connectivity index (χ0v) is 14.8. The molecule has 0 unspecified atom stereocenters. The summed E-state index contributed by atoms with van der Waals surface area (Å²) in [6, 6.07) is 18.4. The van der Waals surface area contributed by atoms with Crippen LogP contribution in [0.2, 0.25) is 0 Å². The van der Waals surface area contributed by atoms with Gasteiger partial charge in [0.05, 0.1) is 10.2 Å². The smallest absolute Gasteiger partial charge is 0.273 e. The van der Waals surface area contributed by atoms with E-state index in [1.54, 1.807) is 30.3 Å². The van der Waals surface area contributed by atoms with E-state index >= 15 is 0 Å². The number of thiazole rings is 1. The van der Waals surface area contributed by atoms with E-state index in [1.807, 2.05) is 43.3 Å². The normalized spacial score (nSPS) is 12.5. The van der Waals surface area contributed by atoms with Gasteiger partial charge in [-0.25, -0.2) is 0 Å². The second-order valence-electron chi connectivity index (χ2n) is 5.65. The average molecular weight is 361 g/mol. The summed E-state index contributed by atoms with van der Waals surface area (Å²) in [6.45, 7) is 1.98. The van der Waals surface area contributed by atoms with Crippen molar-refractivity contribution >= 4 is 28.9 Å². The van der Waals surface area contributed by atoms with E-state index in [0.717, 1.165) is 22.5 Å². The third-order valence-electron chi connectivity index (χ3n) is 3.79. The Hall–Kier alpha value is -3.43. The first kappa shape index (κ1) is 17.4. The SMILES string of the molecule is Cc1ccc(/C=c2\s/c(=C(\C#N)C(N)=O)n(-c3ccccc3)c2=O)cc1. The van der Waals surface area contributed by atoms with E-state index < -0.39 is 5.91 Å². The fourth-order valence-corrected chi connectivity index (χ4v) is 3.59. The standard InChI is InChI=1S/C20H15N3O2S/c1-13-7-9-14(10-8-13)11-17-19(25)23(15-5-3-2-4-6-15)20(26-17)16(12-21)18(22)24/h2-11H,1H3,(H2,22,24)/b17-11-,20-16+. The lowest BCUT2D eigenvalue weighted by molar-refractivity contribution is -0.112. The highest BCUT2D eigenvalue weighted by atomic mass is 32.1. The number of nitriles is 1. The van der Waals surface area contributed by atoms with Crippen molar-refractivity contribution in [2.24, 2.45) is 5.73 Å². The minimum Gasteiger partial charge on any atom is -0.365 e. The minimum atomic E-state index is -0.861. The number of primary amides is 1. The number of rotatable bonds is 3. The number of aryl methyl sites for hydroxylation is 1. The number of nitrogens with zero attached hydrogens (tertiary/aromatic N) is 2. The maximum Gasteiger partial charge on any atom is 0.273 e. The van der Waals surface area contributed by atoms with Gasteiger partial charge in [-0.2, -0.15) is 5.26 Å². The molecule has 0 atom stereocenters. The molecule has 0 aliphatic rings. The number of amides is 1. The fraction of sp³-hybridized carbons (Fsp3) is 0.0500. The molecule has 2 N–H and O–H groups in total. The summed E-state index contributed by atoms with van der Waals surface area (Å²) in [6.07, 6.45) is 1.74. The molecule has 5 nitrogen and oxygen atoms in total.